The maximum absolute atomic E-state index is 8.83. The quantitative estimate of drug-likeness (QED) is 0.757. The van der Waals surface area contributed by atoms with E-state index < -0.39 is 0 Å². The predicted molar refractivity (Wildman–Crippen MR) is 86.7 cm³/mol. The molecule has 0 fully saturated rings. The van der Waals surface area contributed by atoms with Crippen molar-refractivity contribution in [3.63, 3.8) is 0 Å². The van der Waals surface area contributed by atoms with E-state index in [0.29, 0.717) is 33.0 Å². The molecule has 0 amide bonds. The van der Waals surface area contributed by atoms with E-state index in [1.165, 1.54) is 6.08 Å². The summed E-state index contributed by atoms with van der Waals surface area (Å²) >= 11 is 18.3. The average Bonchev–Trinajstić information content (AvgIpc) is 2.74. The van der Waals surface area contributed by atoms with Crippen LogP contribution in [0.1, 0.15) is 16.8 Å². The molecule has 4 nitrogen and oxygen atoms in total. The van der Waals surface area contributed by atoms with E-state index >= 15 is 0 Å². The number of halogens is 3. The molecule has 0 aliphatic rings. The second-order valence-corrected chi connectivity index (χ2v) is 5.67. The van der Waals surface area contributed by atoms with E-state index in [2.05, 4.69) is 5.10 Å². The fraction of sp³-hybridized carbons (Fsp3) is 0.133. The first kappa shape index (κ1) is 16.4. The first-order valence-electron chi connectivity index (χ1n) is 6.15. The van der Waals surface area contributed by atoms with Crippen LogP contribution in [0.2, 0.25) is 15.2 Å². The zero-order valence-corrected chi connectivity index (χ0v) is 13.7. The summed E-state index contributed by atoms with van der Waals surface area (Å²) in [7, 11) is 0. The Labute approximate surface area is 142 Å². The van der Waals surface area contributed by atoms with Gasteiger partial charge in [-0.1, -0.05) is 40.9 Å². The topological polar surface area (TPSA) is 65.4 Å². The number of rotatable bonds is 3. The van der Waals surface area contributed by atoms with E-state index in [9.17, 15) is 0 Å². The Morgan fingerprint density at radius 3 is 2.55 bits per heavy atom. The first-order chi connectivity index (χ1) is 10.5. The Hall–Kier alpha value is -1.98. The maximum Gasteiger partial charge on any atom is 0.134 e. The summed E-state index contributed by atoms with van der Waals surface area (Å²) < 4.78 is 1.56. The normalized spacial score (nSPS) is 9.91. The second kappa shape index (κ2) is 6.85. The van der Waals surface area contributed by atoms with Crippen molar-refractivity contribution < 1.29 is 0 Å². The molecule has 1 heterocycles. The molecule has 110 valence electrons. The lowest BCUT2D eigenvalue weighted by Crippen LogP contribution is -2.02. The van der Waals surface area contributed by atoms with Crippen LogP contribution < -0.4 is 0 Å². The van der Waals surface area contributed by atoms with Gasteiger partial charge in [-0.3, -0.25) is 0 Å². The second-order valence-electron chi connectivity index (χ2n) is 4.46. The summed E-state index contributed by atoms with van der Waals surface area (Å²) in [6.07, 6.45) is 1.42. The van der Waals surface area contributed by atoms with E-state index in [-0.39, 0.29) is 5.57 Å². The molecule has 7 heteroatoms. The number of allylic oxidation sites excluding steroid dienone is 1. The molecule has 1 aromatic carbocycles. The third-order valence-electron chi connectivity index (χ3n) is 2.97. The molecular formula is C15H9Cl3N4. The molecular weight excluding hydrogens is 343 g/mol. The summed E-state index contributed by atoms with van der Waals surface area (Å²) in [5.41, 5.74) is 1.95. The summed E-state index contributed by atoms with van der Waals surface area (Å²) in [6.45, 7) is 2.11. The SMILES string of the molecule is Cc1nn(Cc2ccc(Cl)cc2Cl)c(Cl)c1C=C(C#N)C#N. The molecule has 0 saturated heterocycles. The Morgan fingerprint density at radius 2 is 1.95 bits per heavy atom. The number of hydrogen-bond acceptors (Lipinski definition) is 3. The molecule has 2 aromatic rings. The number of nitrogens with zero attached hydrogens (tertiary/aromatic N) is 4. The predicted octanol–water partition coefficient (Wildman–Crippen LogP) is 4.63. The standard InChI is InChI=1S/C15H9Cl3N4/c1-9-13(4-10(6-19)7-20)15(18)22(21-9)8-11-2-3-12(16)5-14(11)17/h2-5H,8H2,1H3. The molecule has 0 N–H and O–H groups in total. The van der Waals surface area contributed by atoms with Crippen LogP contribution in [0.3, 0.4) is 0 Å². The third-order valence-corrected chi connectivity index (χ3v) is 3.96. The third kappa shape index (κ3) is 3.43. The van der Waals surface area contributed by atoms with Crippen LogP contribution >= 0.6 is 34.8 Å². The largest absolute Gasteiger partial charge is 0.249 e. The van der Waals surface area contributed by atoms with E-state index in [4.69, 9.17) is 45.3 Å². The van der Waals surface area contributed by atoms with Gasteiger partial charge in [0.2, 0.25) is 0 Å². The molecule has 0 atom stereocenters. The van der Waals surface area contributed by atoms with Gasteiger partial charge in [0.25, 0.3) is 0 Å². The van der Waals surface area contributed by atoms with E-state index in [1.54, 1.807) is 41.9 Å². The number of benzene rings is 1. The van der Waals surface area contributed by atoms with Gasteiger partial charge in [0.05, 0.1) is 12.2 Å². The molecule has 1 aromatic heterocycles. The van der Waals surface area contributed by atoms with Gasteiger partial charge in [-0.2, -0.15) is 15.6 Å². The van der Waals surface area contributed by atoms with Crippen molar-refractivity contribution in [3.8, 4) is 12.1 Å². The van der Waals surface area contributed by atoms with Crippen molar-refractivity contribution in [2.24, 2.45) is 0 Å². The number of hydrogen-bond donors (Lipinski definition) is 0. The number of nitriles is 2. The Kier molecular flexibility index (Phi) is 5.11. The minimum absolute atomic E-state index is 0.0333. The minimum atomic E-state index is -0.0333. The van der Waals surface area contributed by atoms with Crippen molar-refractivity contribution in [2.45, 2.75) is 13.5 Å². The van der Waals surface area contributed by atoms with Crippen molar-refractivity contribution in [3.05, 3.63) is 55.8 Å². The van der Waals surface area contributed by atoms with Gasteiger partial charge in [-0.05, 0) is 30.7 Å². The minimum Gasteiger partial charge on any atom is -0.249 e. The summed E-state index contributed by atoms with van der Waals surface area (Å²) in [5.74, 6) is 0. The van der Waals surface area contributed by atoms with Crippen LogP contribution in [-0.2, 0) is 6.54 Å². The van der Waals surface area contributed by atoms with Crippen LogP contribution in [0, 0.1) is 29.6 Å². The lowest BCUT2D eigenvalue weighted by Gasteiger charge is -2.06. The Morgan fingerprint density at radius 1 is 1.27 bits per heavy atom. The van der Waals surface area contributed by atoms with Gasteiger partial charge in [-0.25, -0.2) is 4.68 Å². The monoisotopic (exact) mass is 350 g/mol. The van der Waals surface area contributed by atoms with Crippen molar-refractivity contribution >= 4 is 40.9 Å². The lowest BCUT2D eigenvalue weighted by atomic mass is 10.2. The van der Waals surface area contributed by atoms with E-state index in [0.717, 1.165) is 5.56 Å². The van der Waals surface area contributed by atoms with Crippen molar-refractivity contribution in [2.75, 3.05) is 0 Å². The van der Waals surface area contributed by atoms with Crippen LogP contribution in [0.5, 0.6) is 0 Å². The summed E-state index contributed by atoms with van der Waals surface area (Å²) in [4.78, 5) is 0. The van der Waals surface area contributed by atoms with Gasteiger partial charge in [0.1, 0.15) is 22.9 Å². The first-order valence-corrected chi connectivity index (χ1v) is 7.28. The molecule has 0 bridgehead atoms. The van der Waals surface area contributed by atoms with Gasteiger partial charge >= 0.3 is 0 Å². The summed E-state index contributed by atoms with van der Waals surface area (Å²) in [6, 6.07) is 8.77. The molecule has 0 saturated carbocycles. The average molecular weight is 352 g/mol. The number of aryl methyl sites for hydroxylation is 1. The molecule has 0 radical (unpaired) electrons. The highest BCUT2D eigenvalue weighted by atomic mass is 35.5. The maximum atomic E-state index is 8.83. The highest BCUT2D eigenvalue weighted by Gasteiger charge is 2.14. The van der Waals surface area contributed by atoms with E-state index in [1.807, 2.05) is 0 Å². The zero-order chi connectivity index (χ0) is 16.3. The molecule has 0 spiro atoms. The number of aromatic nitrogens is 2. The summed E-state index contributed by atoms with van der Waals surface area (Å²) in [5, 5.41) is 23.4. The fourth-order valence-electron chi connectivity index (χ4n) is 1.88. The molecule has 0 unspecified atom stereocenters. The Balaban J connectivity index is 2.41. The molecule has 0 aliphatic carbocycles. The smallest absolute Gasteiger partial charge is 0.134 e. The Bertz CT molecular complexity index is 822. The van der Waals surface area contributed by atoms with Crippen LogP contribution in [-0.4, -0.2) is 9.78 Å². The van der Waals surface area contributed by atoms with Crippen LogP contribution in [0.4, 0.5) is 0 Å². The zero-order valence-electron chi connectivity index (χ0n) is 11.4. The van der Waals surface area contributed by atoms with Crippen molar-refractivity contribution in [1.29, 1.82) is 10.5 Å². The van der Waals surface area contributed by atoms with Gasteiger partial charge in [-0.15, -0.1) is 0 Å². The highest BCUT2D eigenvalue weighted by Crippen LogP contribution is 2.26. The molecule has 2 rings (SSSR count). The van der Waals surface area contributed by atoms with Crippen LogP contribution in [0.25, 0.3) is 6.08 Å². The highest BCUT2D eigenvalue weighted by molar-refractivity contribution is 6.35. The van der Waals surface area contributed by atoms with Gasteiger partial charge in [0, 0.05) is 15.6 Å². The van der Waals surface area contributed by atoms with Gasteiger partial charge in [0.15, 0.2) is 0 Å². The van der Waals surface area contributed by atoms with Crippen LogP contribution in [0.15, 0.2) is 23.8 Å². The molecule has 22 heavy (non-hydrogen) atoms. The lowest BCUT2D eigenvalue weighted by molar-refractivity contribution is 0.680. The molecule has 0 aliphatic heterocycles. The fourth-order valence-corrected chi connectivity index (χ4v) is 2.64. The van der Waals surface area contributed by atoms with Crippen molar-refractivity contribution in [1.82, 2.24) is 9.78 Å². The van der Waals surface area contributed by atoms with Gasteiger partial charge < -0.3 is 0 Å².